The van der Waals surface area contributed by atoms with Gasteiger partial charge in [-0.15, -0.1) is 0 Å². The molecule has 1 saturated heterocycles. The van der Waals surface area contributed by atoms with Crippen molar-refractivity contribution >= 4 is 0 Å². The number of ether oxygens (including phenoxy) is 2. The molecule has 80 valence electrons. The van der Waals surface area contributed by atoms with E-state index in [4.69, 9.17) is 9.47 Å². The Hall–Kier alpha value is -0.600. The lowest BCUT2D eigenvalue weighted by Crippen LogP contribution is -2.01. The number of hydrogen-bond acceptors (Lipinski definition) is 2. The monoisotopic (exact) mass is 196 g/mol. The molecule has 0 aromatic rings. The summed E-state index contributed by atoms with van der Waals surface area (Å²) >= 11 is 0. The lowest BCUT2D eigenvalue weighted by molar-refractivity contribution is -0.00152. The van der Waals surface area contributed by atoms with Crippen LogP contribution in [-0.2, 0) is 9.47 Å². The maximum atomic E-state index is 5.26. The van der Waals surface area contributed by atoms with Crippen LogP contribution >= 0.6 is 0 Å². The van der Waals surface area contributed by atoms with Crippen molar-refractivity contribution in [3.05, 3.63) is 24.3 Å². The molecule has 14 heavy (non-hydrogen) atoms. The van der Waals surface area contributed by atoms with Crippen LogP contribution < -0.4 is 0 Å². The van der Waals surface area contributed by atoms with Crippen molar-refractivity contribution in [2.45, 2.75) is 38.9 Å². The van der Waals surface area contributed by atoms with E-state index in [0.29, 0.717) is 0 Å². The van der Waals surface area contributed by atoms with Crippen molar-refractivity contribution in [1.29, 1.82) is 0 Å². The highest BCUT2D eigenvalue weighted by Crippen LogP contribution is 2.05. The fourth-order valence-electron chi connectivity index (χ4n) is 1.33. The Kier molecular flexibility index (Phi) is 6.37. The highest BCUT2D eigenvalue weighted by molar-refractivity contribution is 5.03. The zero-order valence-corrected chi connectivity index (χ0v) is 8.95. The van der Waals surface area contributed by atoms with Crippen LogP contribution in [0.5, 0.6) is 0 Å². The molecule has 0 bridgehead atoms. The Morgan fingerprint density at radius 2 is 1.93 bits per heavy atom. The van der Waals surface area contributed by atoms with Crippen molar-refractivity contribution in [2.75, 3.05) is 13.2 Å². The summed E-state index contributed by atoms with van der Waals surface area (Å²) in [5.74, 6) is 0. The molecular formula is C12H20O2. The van der Waals surface area contributed by atoms with E-state index in [1.54, 1.807) is 0 Å². The zero-order chi connectivity index (χ0) is 10.1. The first-order valence-corrected chi connectivity index (χ1v) is 5.50. The topological polar surface area (TPSA) is 18.5 Å². The van der Waals surface area contributed by atoms with E-state index < -0.39 is 0 Å². The van der Waals surface area contributed by atoms with Crippen molar-refractivity contribution < 1.29 is 9.47 Å². The minimum atomic E-state index is -0.115. The number of unbranched alkanes of at least 4 members (excludes halogenated alkanes) is 3. The molecule has 1 aliphatic heterocycles. The van der Waals surface area contributed by atoms with Gasteiger partial charge in [0.1, 0.15) is 0 Å². The largest absolute Gasteiger partial charge is 0.347 e. The van der Waals surface area contributed by atoms with Crippen LogP contribution in [-0.4, -0.2) is 19.5 Å². The lowest BCUT2D eigenvalue weighted by Gasteiger charge is -1.99. The molecule has 0 atom stereocenters. The van der Waals surface area contributed by atoms with Gasteiger partial charge < -0.3 is 9.47 Å². The SMILES string of the molecule is CCCCC/C=C\C=C\C1OCCO1. The van der Waals surface area contributed by atoms with Gasteiger partial charge in [-0.2, -0.15) is 0 Å². The number of rotatable bonds is 6. The molecule has 0 unspecified atom stereocenters. The third-order valence-electron chi connectivity index (χ3n) is 2.14. The van der Waals surface area contributed by atoms with Crippen LogP contribution in [0.15, 0.2) is 24.3 Å². The second-order valence-electron chi connectivity index (χ2n) is 3.42. The molecule has 0 saturated carbocycles. The normalized spacial score (nSPS) is 18.9. The third-order valence-corrected chi connectivity index (χ3v) is 2.14. The molecular weight excluding hydrogens is 176 g/mol. The molecule has 1 aliphatic rings. The first kappa shape index (κ1) is 11.5. The fraction of sp³-hybridized carbons (Fsp3) is 0.667. The summed E-state index contributed by atoms with van der Waals surface area (Å²) in [5, 5.41) is 0. The third kappa shape index (κ3) is 5.20. The Balaban J connectivity index is 2.00. The molecule has 0 aromatic heterocycles. The summed E-state index contributed by atoms with van der Waals surface area (Å²) in [6.45, 7) is 3.66. The molecule has 1 heterocycles. The Bertz CT molecular complexity index is 179. The second kappa shape index (κ2) is 7.77. The Labute approximate surface area is 86.6 Å². The van der Waals surface area contributed by atoms with Crippen LogP contribution in [0.1, 0.15) is 32.6 Å². The summed E-state index contributed by atoms with van der Waals surface area (Å²) in [6.07, 6.45) is 13.2. The summed E-state index contributed by atoms with van der Waals surface area (Å²) in [7, 11) is 0. The zero-order valence-electron chi connectivity index (χ0n) is 8.95. The van der Waals surface area contributed by atoms with E-state index in [9.17, 15) is 0 Å². The second-order valence-corrected chi connectivity index (χ2v) is 3.42. The Morgan fingerprint density at radius 3 is 2.64 bits per heavy atom. The summed E-state index contributed by atoms with van der Waals surface area (Å²) in [4.78, 5) is 0. The van der Waals surface area contributed by atoms with Gasteiger partial charge in [-0.05, 0) is 18.9 Å². The van der Waals surface area contributed by atoms with E-state index in [-0.39, 0.29) is 6.29 Å². The van der Waals surface area contributed by atoms with Crippen LogP contribution in [0.25, 0.3) is 0 Å². The van der Waals surface area contributed by atoms with Gasteiger partial charge in [0.05, 0.1) is 13.2 Å². The van der Waals surface area contributed by atoms with Crippen molar-refractivity contribution in [3.8, 4) is 0 Å². The van der Waals surface area contributed by atoms with E-state index >= 15 is 0 Å². The van der Waals surface area contributed by atoms with Gasteiger partial charge in [0.2, 0.25) is 0 Å². The molecule has 0 aliphatic carbocycles. The van der Waals surface area contributed by atoms with Crippen molar-refractivity contribution in [3.63, 3.8) is 0 Å². The smallest absolute Gasteiger partial charge is 0.177 e. The molecule has 1 rings (SSSR count). The minimum Gasteiger partial charge on any atom is -0.347 e. The van der Waals surface area contributed by atoms with E-state index in [0.717, 1.165) is 13.2 Å². The number of hydrogen-bond donors (Lipinski definition) is 0. The number of allylic oxidation sites excluding steroid dienone is 3. The van der Waals surface area contributed by atoms with Crippen molar-refractivity contribution in [1.82, 2.24) is 0 Å². The lowest BCUT2D eigenvalue weighted by atomic mass is 10.2. The van der Waals surface area contributed by atoms with Gasteiger partial charge in [-0.3, -0.25) is 0 Å². The van der Waals surface area contributed by atoms with Gasteiger partial charge in [0, 0.05) is 0 Å². The average molecular weight is 196 g/mol. The maximum Gasteiger partial charge on any atom is 0.177 e. The quantitative estimate of drug-likeness (QED) is 0.480. The molecule has 0 amide bonds. The highest BCUT2D eigenvalue weighted by atomic mass is 16.7. The van der Waals surface area contributed by atoms with Gasteiger partial charge in [-0.25, -0.2) is 0 Å². The molecule has 0 N–H and O–H groups in total. The highest BCUT2D eigenvalue weighted by Gasteiger charge is 2.10. The van der Waals surface area contributed by atoms with E-state index in [2.05, 4.69) is 19.1 Å². The molecule has 2 heteroatoms. The molecule has 2 nitrogen and oxygen atoms in total. The Morgan fingerprint density at radius 1 is 1.14 bits per heavy atom. The average Bonchev–Trinajstić information content (AvgIpc) is 2.69. The summed E-state index contributed by atoms with van der Waals surface area (Å²) in [6, 6.07) is 0. The molecule has 0 radical (unpaired) electrons. The van der Waals surface area contributed by atoms with Crippen molar-refractivity contribution in [2.24, 2.45) is 0 Å². The summed E-state index contributed by atoms with van der Waals surface area (Å²) in [5.41, 5.74) is 0. The standard InChI is InChI=1S/C12H20O2/c1-2-3-4-5-6-7-8-9-12-13-10-11-14-12/h6-9,12H,2-5,10-11H2,1H3/b7-6-,9-8+. The fourth-order valence-corrected chi connectivity index (χ4v) is 1.33. The van der Waals surface area contributed by atoms with Crippen LogP contribution in [0.3, 0.4) is 0 Å². The van der Waals surface area contributed by atoms with Crippen LogP contribution in [0.4, 0.5) is 0 Å². The predicted molar refractivity (Wildman–Crippen MR) is 58.1 cm³/mol. The van der Waals surface area contributed by atoms with Gasteiger partial charge >= 0.3 is 0 Å². The maximum absolute atomic E-state index is 5.26. The van der Waals surface area contributed by atoms with Crippen LogP contribution in [0, 0.1) is 0 Å². The van der Waals surface area contributed by atoms with Crippen LogP contribution in [0.2, 0.25) is 0 Å². The van der Waals surface area contributed by atoms with Gasteiger partial charge in [0.25, 0.3) is 0 Å². The minimum absolute atomic E-state index is 0.115. The molecule has 1 fully saturated rings. The van der Waals surface area contributed by atoms with E-state index in [1.807, 2.05) is 12.2 Å². The summed E-state index contributed by atoms with van der Waals surface area (Å²) < 4.78 is 10.5. The first-order valence-electron chi connectivity index (χ1n) is 5.50. The molecule has 0 aromatic carbocycles. The molecule has 0 spiro atoms. The van der Waals surface area contributed by atoms with E-state index in [1.165, 1.54) is 25.7 Å². The van der Waals surface area contributed by atoms with Gasteiger partial charge in [0.15, 0.2) is 6.29 Å². The van der Waals surface area contributed by atoms with Gasteiger partial charge in [-0.1, -0.05) is 38.0 Å². The predicted octanol–water partition coefficient (Wildman–Crippen LogP) is 3.05. The first-order chi connectivity index (χ1) is 6.93.